The molecule has 5 heteroatoms. The van der Waals surface area contributed by atoms with Gasteiger partial charge < -0.3 is 10.2 Å². The molecule has 3 rings (SSSR count). The molecule has 2 saturated heterocycles. The van der Waals surface area contributed by atoms with Gasteiger partial charge in [-0.25, -0.2) is 0 Å². The average molecular weight is 302 g/mol. The number of likely N-dealkylation sites (tertiary alicyclic amines) is 1. The summed E-state index contributed by atoms with van der Waals surface area (Å²) in [5, 5.41) is 3.43. The Labute approximate surface area is 132 Å². The van der Waals surface area contributed by atoms with Crippen LogP contribution in [0.15, 0.2) is 24.5 Å². The van der Waals surface area contributed by atoms with Gasteiger partial charge in [-0.3, -0.25) is 14.7 Å². The first-order valence-corrected chi connectivity index (χ1v) is 8.47. The molecule has 5 nitrogen and oxygen atoms in total. The van der Waals surface area contributed by atoms with Crippen molar-refractivity contribution in [1.29, 1.82) is 0 Å². The number of nitrogens with one attached hydrogen (secondary N) is 1. The van der Waals surface area contributed by atoms with Crippen molar-refractivity contribution >= 4 is 5.91 Å². The van der Waals surface area contributed by atoms with E-state index in [1.807, 2.05) is 12.3 Å². The van der Waals surface area contributed by atoms with Gasteiger partial charge in [-0.05, 0) is 24.5 Å². The maximum Gasteiger partial charge on any atom is 0.236 e. The summed E-state index contributed by atoms with van der Waals surface area (Å²) < 4.78 is 0. The van der Waals surface area contributed by atoms with Gasteiger partial charge in [-0.2, -0.15) is 0 Å². The van der Waals surface area contributed by atoms with Crippen molar-refractivity contribution in [2.75, 3.05) is 39.3 Å². The fraction of sp³-hybridized carbons (Fsp3) is 0.647. The van der Waals surface area contributed by atoms with Gasteiger partial charge in [0.25, 0.3) is 0 Å². The normalized spacial score (nSPS) is 24.0. The second-order valence-electron chi connectivity index (χ2n) is 6.27. The Morgan fingerprint density at radius 2 is 2.05 bits per heavy atom. The van der Waals surface area contributed by atoms with Crippen LogP contribution in [0.4, 0.5) is 0 Å². The number of aromatic nitrogens is 1. The summed E-state index contributed by atoms with van der Waals surface area (Å²) in [7, 11) is 0. The minimum absolute atomic E-state index is 0.248. The lowest BCUT2D eigenvalue weighted by molar-refractivity contribution is -0.133. The van der Waals surface area contributed by atoms with E-state index in [0.717, 1.165) is 45.6 Å². The molecule has 0 saturated carbocycles. The number of pyridine rings is 1. The van der Waals surface area contributed by atoms with Crippen LogP contribution in [-0.4, -0.2) is 60.0 Å². The van der Waals surface area contributed by atoms with Crippen molar-refractivity contribution in [2.45, 2.75) is 31.7 Å². The van der Waals surface area contributed by atoms with Crippen molar-refractivity contribution < 1.29 is 4.79 Å². The Kier molecular flexibility index (Phi) is 5.40. The molecule has 1 atom stereocenters. The Hall–Kier alpha value is -1.46. The van der Waals surface area contributed by atoms with E-state index >= 15 is 0 Å². The maximum absolute atomic E-state index is 12.6. The summed E-state index contributed by atoms with van der Waals surface area (Å²) in [6, 6.07) is 4.32. The topological polar surface area (TPSA) is 48.5 Å². The zero-order chi connectivity index (χ0) is 15.2. The maximum atomic E-state index is 12.6. The van der Waals surface area contributed by atoms with Crippen molar-refractivity contribution in [3.63, 3.8) is 0 Å². The Balaban J connectivity index is 1.64. The largest absolute Gasteiger partial charge is 0.342 e. The van der Waals surface area contributed by atoms with Crippen LogP contribution in [0.1, 0.15) is 37.3 Å². The monoisotopic (exact) mass is 302 g/mol. The summed E-state index contributed by atoms with van der Waals surface area (Å²) in [6.07, 6.45) is 8.54. The molecule has 0 aliphatic carbocycles. The highest BCUT2D eigenvalue weighted by molar-refractivity contribution is 5.78. The number of hydrogen-bond acceptors (Lipinski definition) is 4. The SMILES string of the molecule is O=C(CN1CCNCC1c1cccnc1)N1CCCCCC1. The molecule has 2 fully saturated rings. The molecule has 120 valence electrons. The molecule has 1 unspecified atom stereocenters. The third-order valence-electron chi connectivity index (χ3n) is 4.72. The molecule has 3 heterocycles. The van der Waals surface area contributed by atoms with E-state index in [1.165, 1.54) is 18.4 Å². The molecule has 2 aliphatic heterocycles. The zero-order valence-corrected chi connectivity index (χ0v) is 13.2. The predicted molar refractivity (Wildman–Crippen MR) is 86.5 cm³/mol. The summed E-state index contributed by atoms with van der Waals surface area (Å²) in [4.78, 5) is 21.2. The quantitative estimate of drug-likeness (QED) is 0.918. The van der Waals surface area contributed by atoms with Gasteiger partial charge >= 0.3 is 0 Å². The highest BCUT2D eigenvalue weighted by atomic mass is 16.2. The number of piperazine rings is 1. The summed E-state index contributed by atoms with van der Waals surface area (Å²) >= 11 is 0. The van der Waals surface area contributed by atoms with Gasteiger partial charge in [-0.15, -0.1) is 0 Å². The van der Waals surface area contributed by atoms with Crippen LogP contribution in [0.25, 0.3) is 0 Å². The van der Waals surface area contributed by atoms with Crippen molar-refractivity contribution in [3.05, 3.63) is 30.1 Å². The first-order chi connectivity index (χ1) is 10.8. The standard InChI is InChI=1S/C17H26N4O/c22-17(20-9-3-1-2-4-10-20)14-21-11-8-19-13-16(21)15-6-5-7-18-12-15/h5-7,12,16,19H,1-4,8-11,13-14H2. The van der Waals surface area contributed by atoms with Crippen LogP contribution in [0.3, 0.4) is 0 Å². The van der Waals surface area contributed by atoms with Gasteiger partial charge in [0.1, 0.15) is 0 Å². The number of carbonyl (C=O) groups excluding carboxylic acids is 1. The van der Waals surface area contributed by atoms with E-state index in [1.54, 1.807) is 6.20 Å². The van der Waals surface area contributed by atoms with Crippen LogP contribution < -0.4 is 5.32 Å². The number of nitrogens with zero attached hydrogens (tertiary/aromatic N) is 3. The molecule has 0 aromatic carbocycles. The van der Waals surface area contributed by atoms with Crippen LogP contribution in [-0.2, 0) is 4.79 Å². The van der Waals surface area contributed by atoms with Crippen molar-refractivity contribution in [3.8, 4) is 0 Å². The Morgan fingerprint density at radius 3 is 2.77 bits per heavy atom. The summed E-state index contributed by atoms with van der Waals surface area (Å²) in [6.45, 7) is 5.15. The van der Waals surface area contributed by atoms with Crippen LogP contribution >= 0.6 is 0 Å². The molecular weight excluding hydrogens is 276 g/mol. The Bertz CT molecular complexity index is 471. The molecule has 0 radical (unpaired) electrons. The predicted octanol–water partition coefficient (Wildman–Crippen LogP) is 1.43. The van der Waals surface area contributed by atoms with Crippen LogP contribution in [0.2, 0.25) is 0 Å². The van der Waals surface area contributed by atoms with E-state index < -0.39 is 0 Å². The van der Waals surface area contributed by atoms with Gasteiger partial charge in [-0.1, -0.05) is 18.9 Å². The van der Waals surface area contributed by atoms with E-state index in [4.69, 9.17) is 0 Å². The van der Waals surface area contributed by atoms with Crippen LogP contribution in [0, 0.1) is 0 Å². The lowest BCUT2D eigenvalue weighted by atomic mass is 10.1. The van der Waals surface area contributed by atoms with Crippen molar-refractivity contribution in [2.24, 2.45) is 0 Å². The van der Waals surface area contributed by atoms with Gasteiger partial charge in [0.15, 0.2) is 0 Å². The van der Waals surface area contributed by atoms with E-state index in [0.29, 0.717) is 6.54 Å². The number of rotatable bonds is 3. The zero-order valence-electron chi connectivity index (χ0n) is 13.2. The molecule has 2 aliphatic rings. The molecule has 1 amide bonds. The number of amides is 1. The third-order valence-corrected chi connectivity index (χ3v) is 4.72. The molecule has 0 spiro atoms. The summed E-state index contributed by atoms with van der Waals surface area (Å²) in [5.41, 5.74) is 1.19. The first kappa shape index (κ1) is 15.4. The first-order valence-electron chi connectivity index (χ1n) is 8.47. The minimum Gasteiger partial charge on any atom is -0.342 e. The second kappa shape index (κ2) is 7.70. The smallest absolute Gasteiger partial charge is 0.236 e. The number of carbonyl (C=O) groups is 1. The van der Waals surface area contributed by atoms with E-state index in [-0.39, 0.29) is 11.9 Å². The molecule has 0 bridgehead atoms. The lowest BCUT2D eigenvalue weighted by Gasteiger charge is -2.37. The van der Waals surface area contributed by atoms with Gasteiger partial charge in [0.2, 0.25) is 5.91 Å². The Morgan fingerprint density at radius 1 is 1.23 bits per heavy atom. The van der Waals surface area contributed by atoms with Gasteiger partial charge in [0.05, 0.1) is 6.54 Å². The summed E-state index contributed by atoms with van der Waals surface area (Å²) in [5.74, 6) is 0.290. The van der Waals surface area contributed by atoms with Gasteiger partial charge in [0, 0.05) is 51.2 Å². The fourth-order valence-electron chi connectivity index (χ4n) is 3.43. The van der Waals surface area contributed by atoms with Crippen LogP contribution in [0.5, 0.6) is 0 Å². The molecule has 1 aromatic heterocycles. The lowest BCUT2D eigenvalue weighted by Crippen LogP contribution is -2.50. The molecule has 1 aromatic rings. The van der Waals surface area contributed by atoms with E-state index in [9.17, 15) is 4.79 Å². The molecule has 22 heavy (non-hydrogen) atoms. The third kappa shape index (κ3) is 3.84. The second-order valence-corrected chi connectivity index (χ2v) is 6.27. The fourth-order valence-corrected chi connectivity index (χ4v) is 3.43. The van der Waals surface area contributed by atoms with E-state index in [2.05, 4.69) is 26.2 Å². The van der Waals surface area contributed by atoms with Crippen molar-refractivity contribution in [1.82, 2.24) is 20.1 Å². The highest BCUT2D eigenvalue weighted by Gasteiger charge is 2.27. The molecule has 1 N–H and O–H groups in total. The molecular formula is C17H26N4O. The number of hydrogen-bond donors (Lipinski definition) is 1. The minimum atomic E-state index is 0.248. The average Bonchev–Trinajstić information content (AvgIpc) is 2.85. The highest BCUT2D eigenvalue weighted by Crippen LogP contribution is 2.21.